The molecule has 1 aromatic carbocycles. The minimum absolute atomic E-state index is 0.143. The molecule has 21 heavy (non-hydrogen) atoms. The molecule has 0 aliphatic heterocycles. The van der Waals surface area contributed by atoms with Gasteiger partial charge in [0.1, 0.15) is 17.2 Å². The predicted octanol–water partition coefficient (Wildman–Crippen LogP) is 2.31. The third-order valence-corrected chi connectivity index (χ3v) is 3.92. The zero-order chi connectivity index (χ0) is 14.8. The lowest BCUT2D eigenvalue weighted by atomic mass is 9.82. The molecule has 0 fully saturated rings. The maximum atomic E-state index is 11.5. The average molecular weight is 283 g/mol. The summed E-state index contributed by atoms with van der Waals surface area (Å²) in [7, 11) is 1.31. The van der Waals surface area contributed by atoms with Gasteiger partial charge in [0.05, 0.1) is 7.11 Å². The summed E-state index contributed by atoms with van der Waals surface area (Å²) in [6.07, 6.45) is 4.64. The Kier molecular flexibility index (Phi) is 3.56. The molecule has 0 spiro atoms. The summed E-state index contributed by atoms with van der Waals surface area (Å²) in [5, 5.41) is 0. The number of carbonyl (C=O) groups excluding carboxylic acids is 1. The minimum Gasteiger partial charge on any atom is -0.465 e. The predicted molar refractivity (Wildman–Crippen MR) is 79.0 cm³/mol. The lowest BCUT2D eigenvalue weighted by Crippen LogP contribution is -2.16. The van der Waals surface area contributed by atoms with Gasteiger partial charge in [-0.05, 0) is 30.4 Å². The van der Waals surface area contributed by atoms with Crippen molar-refractivity contribution in [3.05, 3.63) is 53.0 Å². The van der Waals surface area contributed by atoms with E-state index in [4.69, 9.17) is 5.73 Å². The van der Waals surface area contributed by atoms with Crippen LogP contribution in [-0.4, -0.2) is 23.0 Å². The molecular weight excluding hydrogens is 266 g/mol. The number of carbonyl (C=O) groups is 1. The molecular formula is C16H17N3O2. The molecule has 0 radical (unpaired) electrons. The Balaban J connectivity index is 1.99. The number of nitrogens with zero attached hydrogens (tertiary/aromatic N) is 2. The summed E-state index contributed by atoms with van der Waals surface area (Å²) < 4.78 is 4.66. The number of methoxy groups -OCH3 is 1. The van der Waals surface area contributed by atoms with Gasteiger partial charge in [0, 0.05) is 12.1 Å². The van der Waals surface area contributed by atoms with E-state index in [-0.39, 0.29) is 17.3 Å². The Morgan fingerprint density at radius 3 is 2.95 bits per heavy atom. The first kappa shape index (κ1) is 13.5. The zero-order valence-corrected chi connectivity index (χ0v) is 11.9. The highest BCUT2D eigenvalue weighted by Gasteiger charge is 2.25. The Labute approximate surface area is 123 Å². The van der Waals surface area contributed by atoms with Crippen LogP contribution in [0.4, 0.5) is 5.82 Å². The van der Waals surface area contributed by atoms with E-state index >= 15 is 0 Å². The minimum atomic E-state index is -0.511. The van der Waals surface area contributed by atoms with Gasteiger partial charge in [0.15, 0.2) is 0 Å². The van der Waals surface area contributed by atoms with Crippen molar-refractivity contribution in [2.24, 2.45) is 0 Å². The van der Waals surface area contributed by atoms with Gasteiger partial charge in [-0.3, -0.25) is 0 Å². The van der Waals surface area contributed by atoms with Crippen LogP contribution < -0.4 is 5.73 Å². The fourth-order valence-corrected chi connectivity index (χ4v) is 2.87. The maximum Gasteiger partial charge on any atom is 0.343 e. The summed E-state index contributed by atoms with van der Waals surface area (Å²) in [4.78, 5) is 20.2. The summed E-state index contributed by atoms with van der Waals surface area (Å²) in [5.74, 6) is 0.481. The second-order valence-corrected chi connectivity index (χ2v) is 5.16. The SMILES string of the molecule is COC(=O)c1cnc(C2CCCc3ccccc32)nc1N. The first-order chi connectivity index (χ1) is 10.2. The van der Waals surface area contributed by atoms with Crippen molar-refractivity contribution in [1.82, 2.24) is 9.97 Å². The number of aromatic nitrogens is 2. The van der Waals surface area contributed by atoms with E-state index in [2.05, 4.69) is 32.9 Å². The van der Waals surface area contributed by atoms with Crippen LogP contribution in [0.15, 0.2) is 30.5 Å². The summed E-state index contributed by atoms with van der Waals surface area (Å²) in [6, 6.07) is 8.35. The van der Waals surface area contributed by atoms with Crippen LogP contribution in [0, 0.1) is 0 Å². The standard InChI is InChI=1S/C16H17N3O2/c1-21-16(20)13-9-18-15(19-14(13)17)12-8-4-6-10-5-2-3-7-11(10)12/h2-3,5,7,9,12H,4,6,8H2,1H3,(H2,17,18,19). The van der Waals surface area contributed by atoms with Crippen LogP contribution in [0.1, 0.15) is 46.1 Å². The third kappa shape index (κ3) is 2.46. The van der Waals surface area contributed by atoms with Crippen molar-refractivity contribution >= 4 is 11.8 Å². The number of ether oxygens (including phenoxy) is 1. The van der Waals surface area contributed by atoms with Gasteiger partial charge in [0.25, 0.3) is 0 Å². The monoisotopic (exact) mass is 283 g/mol. The normalized spacial score (nSPS) is 17.1. The van der Waals surface area contributed by atoms with Gasteiger partial charge >= 0.3 is 5.97 Å². The molecule has 1 atom stereocenters. The van der Waals surface area contributed by atoms with Crippen LogP contribution in [0.25, 0.3) is 0 Å². The highest BCUT2D eigenvalue weighted by Crippen LogP contribution is 2.35. The molecule has 1 aromatic heterocycles. The van der Waals surface area contributed by atoms with Crippen LogP contribution in [-0.2, 0) is 11.2 Å². The third-order valence-electron chi connectivity index (χ3n) is 3.92. The van der Waals surface area contributed by atoms with E-state index in [0.29, 0.717) is 5.82 Å². The number of nitrogen functional groups attached to an aromatic ring is 1. The number of fused-ring (bicyclic) bond motifs is 1. The van der Waals surface area contributed by atoms with Gasteiger partial charge in [-0.25, -0.2) is 14.8 Å². The van der Waals surface area contributed by atoms with E-state index in [0.717, 1.165) is 19.3 Å². The number of nitrogens with two attached hydrogens (primary N) is 1. The van der Waals surface area contributed by atoms with E-state index < -0.39 is 5.97 Å². The Morgan fingerprint density at radius 2 is 2.19 bits per heavy atom. The van der Waals surface area contributed by atoms with E-state index in [1.165, 1.54) is 24.4 Å². The van der Waals surface area contributed by atoms with Crippen molar-refractivity contribution in [2.75, 3.05) is 12.8 Å². The molecule has 3 rings (SSSR count). The van der Waals surface area contributed by atoms with Crippen molar-refractivity contribution in [2.45, 2.75) is 25.2 Å². The van der Waals surface area contributed by atoms with Gasteiger partial charge < -0.3 is 10.5 Å². The molecule has 5 heteroatoms. The van der Waals surface area contributed by atoms with Gasteiger partial charge in [-0.15, -0.1) is 0 Å². The highest BCUT2D eigenvalue weighted by atomic mass is 16.5. The fraction of sp³-hybridized carbons (Fsp3) is 0.312. The number of hydrogen-bond donors (Lipinski definition) is 1. The highest BCUT2D eigenvalue weighted by molar-refractivity contribution is 5.93. The molecule has 1 heterocycles. The van der Waals surface area contributed by atoms with E-state index in [1.807, 2.05) is 6.07 Å². The molecule has 0 saturated heterocycles. The number of esters is 1. The van der Waals surface area contributed by atoms with Gasteiger partial charge in [0.2, 0.25) is 0 Å². The van der Waals surface area contributed by atoms with Crippen LogP contribution in [0.3, 0.4) is 0 Å². The second-order valence-electron chi connectivity index (χ2n) is 5.16. The topological polar surface area (TPSA) is 78.1 Å². The number of rotatable bonds is 2. The van der Waals surface area contributed by atoms with Crippen molar-refractivity contribution < 1.29 is 9.53 Å². The van der Waals surface area contributed by atoms with E-state index in [9.17, 15) is 4.79 Å². The zero-order valence-electron chi connectivity index (χ0n) is 11.9. The van der Waals surface area contributed by atoms with Crippen LogP contribution in [0.2, 0.25) is 0 Å². The van der Waals surface area contributed by atoms with Gasteiger partial charge in [-0.2, -0.15) is 0 Å². The first-order valence-corrected chi connectivity index (χ1v) is 6.99. The lowest BCUT2D eigenvalue weighted by Gasteiger charge is -2.24. The molecule has 1 unspecified atom stereocenters. The molecule has 2 aromatic rings. The van der Waals surface area contributed by atoms with Crippen molar-refractivity contribution in [3.8, 4) is 0 Å². The number of anilines is 1. The summed E-state index contributed by atoms with van der Waals surface area (Å²) in [6.45, 7) is 0. The van der Waals surface area contributed by atoms with E-state index in [1.54, 1.807) is 0 Å². The number of hydrogen-bond acceptors (Lipinski definition) is 5. The van der Waals surface area contributed by atoms with Crippen molar-refractivity contribution in [1.29, 1.82) is 0 Å². The molecule has 0 saturated carbocycles. The smallest absolute Gasteiger partial charge is 0.343 e. The van der Waals surface area contributed by atoms with Gasteiger partial charge in [-0.1, -0.05) is 24.3 Å². The Bertz CT molecular complexity index is 685. The molecule has 1 aliphatic rings. The van der Waals surface area contributed by atoms with Crippen LogP contribution >= 0.6 is 0 Å². The molecule has 2 N–H and O–H groups in total. The first-order valence-electron chi connectivity index (χ1n) is 6.99. The molecule has 0 amide bonds. The Hall–Kier alpha value is -2.43. The van der Waals surface area contributed by atoms with Crippen molar-refractivity contribution in [3.63, 3.8) is 0 Å². The number of benzene rings is 1. The molecule has 0 bridgehead atoms. The molecule has 1 aliphatic carbocycles. The lowest BCUT2D eigenvalue weighted by molar-refractivity contribution is 0.0601. The average Bonchev–Trinajstić information content (AvgIpc) is 2.53. The Morgan fingerprint density at radius 1 is 1.38 bits per heavy atom. The molecule has 5 nitrogen and oxygen atoms in total. The fourth-order valence-electron chi connectivity index (χ4n) is 2.87. The maximum absolute atomic E-state index is 11.5. The summed E-state index contributed by atoms with van der Waals surface area (Å²) >= 11 is 0. The second kappa shape index (κ2) is 5.52. The summed E-state index contributed by atoms with van der Waals surface area (Å²) in [5.41, 5.74) is 8.68. The quantitative estimate of drug-likeness (QED) is 0.856. The van der Waals surface area contributed by atoms with Crippen LogP contribution in [0.5, 0.6) is 0 Å². The number of aryl methyl sites for hydroxylation is 1. The molecule has 108 valence electrons. The largest absolute Gasteiger partial charge is 0.465 e.